The number of aliphatic hydroxyl groups excluding tert-OH is 1. The Labute approximate surface area is 95.4 Å². The smallest absolute Gasteiger partial charge is 0.122 e. The van der Waals surface area contributed by atoms with Crippen molar-refractivity contribution in [2.24, 2.45) is 0 Å². The molecule has 0 fully saturated rings. The number of rotatable bonds is 4. The summed E-state index contributed by atoms with van der Waals surface area (Å²) in [5, 5.41) is 19.7. The Morgan fingerprint density at radius 3 is 1.81 bits per heavy atom. The molecule has 1 unspecified atom stereocenters. The van der Waals surface area contributed by atoms with Crippen molar-refractivity contribution in [3.8, 4) is 11.5 Å². The molecule has 1 atom stereocenters. The van der Waals surface area contributed by atoms with Crippen molar-refractivity contribution in [3.05, 3.63) is 23.8 Å². The molecule has 0 aliphatic rings. The van der Waals surface area contributed by atoms with E-state index in [0.29, 0.717) is 17.1 Å². The summed E-state index contributed by atoms with van der Waals surface area (Å²) in [5.74, 6) is 1.16. The van der Waals surface area contributed by atoms with E-state index in [0.717, 1.165) is 0 Å². The highest BCUT2D eigenvalue weighted by molar-refractivity contribution is 5.40. The Hall–Kier alpha value is -1.26. The van der Waals surface area contributed by atoms with Crippen molar-refractivity contribution in [1.82, 2.24) is 0 Å². The monoisotopic (exact) mass is 226 g/mol. The molecule has 0 aliphatic heterocycles. The van der Waals surface area contributed by atoms with Gasteiger partial charge >= 0.3 is 0 Å². The summed E-state index contributed by atoms with van der Waals surface area (Å²) in [5.41, 5.74) is -0.652. The number of aliphatic hydroxyl groups is 2. The van der Waals surface area contributed by atoms with Crippen LogP contribution in [-0.4, -0.2) is 30.0 Å². The van der Waals surface area contributed by atoms with Gasteiger partial charge in [0.05, 0.1) is 19.8 Å². The van der Waals surface area contributed by atoms with Crippen molar-refractivity contribution >= 4 is 0 Å². The normalized spacial score (nSPS) is 13.4. The van der Waals surface area contributed by atoms with Gasteiger partial charge in [-0.2, -0.15) is 0 Å². The third-order valence-corrected chi connectivity index (χ3v) is 2.36. The van der Waals surface area contributed by atoms with Crippen LogP contribution in [0.3, 0.4) is 0 Å². The van der Waals surface area contributed by atoms with E-state index in [1.807, 2.05) is 0 Å². The first-order valence-electron chi connectivity index (χ1n) is 5.02. The van der Waals surface area contributed by atoms with Gasteiger partial charge in [0.15, 0.2) is 0 Å². The first-order valence-corrected chi connectivity index (χ1v) is 5.02. The molecule has 1 aromatic carbocycles. The molecule has 0 aromatic heterocycles. The van der Waals surface area contributed by atoms with Crippen LogP contribution in [0.15, 0.2) is 18.2 Å². The number of hydrogen-bond donors (Lipinski definition) is 2. The second-order valence-electron chi connectivity index (χ2n) is 4.20. The highest BCUT2D eigenvalue weighted by Gasteiger charge is 2.26. The van der Waals surface area contributed by atoms with Crippen LogP contribution in [0, 0.1) is 0 Å². The molecular weight excluding hydrogens is 208 g/mol. The van der Waals surface area contributed by atoms with Crippen molar-refractivity contribution in [3.63, 3.8) is 0 Å². The van der Waals surface area contributed by atoms with Crippen molar-refractivity contribution < 1.29 is 19.7 Å². The fraction of sp³-hybridized carbons (Fsp3) is 0.500. The molecule has 1 aromatic rings. The molecular formula is C12H18O4. The molecule has 90 valence electrons. The van der Waals surface area contributed by atoms with E-state index < -0.39 is 11.7 Å². The minimum Gasteiger partial charge on any atom is -0.497 e. The Bertz CT molecular complexity index is 332. The predicted octanol–water partition coefficient (Wildman–Crippen LogP) is 1.51. The third kappa shape index (κ3) is 2.87. The lowest BCUT2D eigenvalue weighted by atomic mass is 9.94. The van der Waals surface area contributed by atoms with E-state index in [2.05, 4.69) is 0 Å². The van der Waals surface area contributed by atoms with E-state index in [1.165, 1.54) is 14.2 Å². The first kappa shape index (κ1) is 12.8. The number of benzene rings is 1. The maximum absolute atomic E-state index is 9.94. The quantitative estimate of drug-likeness (QED) is 0.817. The lowest BCUT2D eigenvalue weighted by Crippen LogP contribution is -2.28. The van der Waals surface area contributed by atoms with E-state index in [9.17, 15) is 10.2 Å². The lowest BCUT2D eigenvalue weighted by molar-refractivity contribution is -0.0498. The minimum absolute atomic E-state index is 0.559. The molecule has 4 nitrogen and oxygen atoms in total. The van der Waals surface area contributed by atoms with Gasteiger partial charge in [-0.15, -0.1) is 0 Å². The maximum atomic E-state index is 9.94. The molecule has 0 aliphatic carbocycles. The largest absolute Gasteiger partial charge is 0.497 e. The van der Waals surface area contributed by atoms with Crippen LogP contribution in [0.4, 0.5) is 0 Å². The van der Waals surface area contributed by atoms with Crippen LogP contribution in [0.5, 0.6) is 11.5 Å². The van der Waals surface area contributed by atoms with Gasteiger partial charge in [0.1, 0.15) is 17.6 Å². The molecule has 2 N–H and O–H groups in total. The first-order chi connectivity index (χ1) is 7.38. The highest BCUT2D eigenvalue weighted by Crippen LogP contribution is 2.31. The molecule has 0 saturated heterocycles. The Morgan fingerprint density at radius 2 is 1.50 bits per heavy atom. The maximum Gasteiger partial charge on any atom is 0.122 e. The van der Waals surface area contributed by atoms with Gasteiger partial charge in [-0.25, -0.2) is 0 Å². The van der Waals surface area contributed by atoms with Crippen molar-refractivity contribution in [2.45, 2.75) is 25.6 Å². The van der Waals surface area contributed by atoms with Crippen LogP contribution in [0.1, 0.15) is 25.5 Å². The Kier molecular flexibility index (Phi) is 3.78. The molecule has 0 spiro atoms. The SMILES string of the molecule is COc1cc(OC)cc(C(O)C(C)(C)O)c1. The minimum atomic E-state index is -1.21. The van der Waals surface area contributed by atoms with Gasteiger partial charge in [-0.05, 0) is 31.5 Å². The van der Waals surface area contributed by atoms with Gasteiger partial charge in [0, 0.05) is 6.07 Å². The number of ether oxygens (including phenoxy) is 2. The number of methoxy groups -OCH3 is 2. The van der Waals surface area contributed by atoms with E-state index >= 15 is 0 Å². The summed E-state index contributed by atoms with van der Waals surface area (Å²) in [4.78, 5) is 0. The van der Waals surface area contributed by atoms with Crippen LogP contribution in [-0.2, 0) is 0 Å². The van der Waals surface area contributed by atoms with Gasteiger partial charge < -0.3 is 19.7 Å². The predicted molar refractivity (Wildman–Crippen MR) is 60.8 cm³/mol. The molecule has 0 saturated carbocycles. The third-order valence-electron chi connectivity index (χ3n) is 2.36. The van der Waals surface area contributed by atoms with E-state index in [-0.39, 0.29) is 0 Å². The van der Waals surface area contributed by atoms with Crippen LogP contribution in [0.25, 0.3) is 0 Å². The second kappa shape index (κ2) is 4.72. The van der Waals surface area contributed by atoms with Gasteiger partial charge in [-0.1, -0.05) is 0 Å². The Balaban J connectivity index is 3.13. The Morgan fingerprint density at radius 1 is 1.06 bits per heavy atom. The van der Waals surface area contributed by atoms with Crippen molar-refractivity contribution in [1.29, 1.82) is 0 Å². The van der Waals surface area contributed by atoms with Crippen LogP contribution >= 0.6 is 0 Å². The summed E-state index contributed by atoms with van der Waals surface area (Å²) < 4.78 is 10.2. The molecule has 1 rings (SSSR count). The highest BCUT2D eigenvalue weighted by atomic mass is 16.5. The van der Waals surface area contributed by atoms with Gasteiger partial charge in [-0.3, -0.25) is 0 Å². The molecule has 4 heteroatoms. The molecule has 0 bridgehead atoms. The zero-order valence-electron chi connectivity index (χ0n) is 10.0. The molecule has 16 heavy (non-hydrogen) atoms. The fourth-order valence-electron chi connectivity index (χ4n) is 1.40. The topological polar surface area (TPSA) is 58.9 Å². The summed E-state index contributed by atoms with van der Waals surface area (Å²) in [6, 6.07) is 5.05. The van der Waals surface area contributed by atoms with Crippen LogP contribution < -0.4 is 9.47 Å². The van der Waals surface area contributed by atoms with E-state index in [4.69, 9.17) is 9.47 Å². The lowest BCUT2D eigenvalue weighted by Gasteiger charge is -2.25. The van der Waals surface area contributed by atoms with E-state index in [1.54, 1.807) is 32.0 Å². The zero-order valence-corrected chi connectivity index (χ0v) is 10.0. The average molecular weight is 226 g/mol. The summed E-state index contributed by atoms with van der Waals surface area (Å²) >= 11 is 0. The standard InChI is InChI=1S/C12H18O4/c1-12(2,14)11(13)8-5-9(15-3)7-10(6-8)16-4/h5-7,11,13-14H,1-4H3. The van der Waals surface area contributed by atoms with Gasteiger partial charge in [0.2, 0.25) is 0 Å². The van der Waals surface area contributed by atoms with Gasteiger partial charge in [0.25, 0.3) is 0 Å². The molecule has 0 amide bonds. The zero-order chi connectivity index (χ0) is 12.3. The average Bonchev–Trinajstić information content (AvgIpc) is 2.26. The number of hydrogen-bond acceptors (Lipinski definition) is 4. The van der Waals surface area contributed by atoms with Crippen molar-refractivity contribution in [2.75, 3.05) is 14.2 Å². The fourth-order valence-corrected chi connectivity index (χ4v) is 1.40. The summed E-state index contributed by atoms with van der Waals surface area (Å²) in [6.45, 7) is 3.09. The molecule has 0 heterocycles. The summed E-state index contributed by atoms with van der Waals surface area (Å²) in [7, 11) is 3.07. The molecule has 0 radical (unpaired) electrons. The van der Waals surface area contributed by atoms with Crippen LogP contribution in [0.2, 0.25) is 0 Å². The summed E-state index contributed by atoms with van der Waals surface area (Å²) in [6.07, 6.45) is -0.989. The second-order valence-corrected chi connectivity index (χ2v) is 4.20.